The number of hydrogen-bond acceptors (Lipinski definition) is 6. The average Bonchev–Trinajstić information content (AvgIpc) is 3.26. The second kappa shape index (κ2) is 8.24. The standard InChI is InChI=1S/C21H22F3N3O5/c1-9-17(19(30)18(29)14(8-28)32-9)26-10-4-5-11-13(7-10)27-20(31)15(12-3-2-6-25-12)16(11)21(22,23)24/h2-7,9,14,17-19,25-26,28-30H,8H2,1H3,(H,27,31). The van der Waals surface area contributed by atoms with Gasteiger partial charge in [0.2, 0.25) is 0 Å². The molecule has 0 bridgehead atoms. The molecule has 11 heteroatoms. The van der Waals surface area contributed by atoms with Gasteiger partial charge in [-0.25, -0.2) is 0 Å². The molecule has 172 valence electrons. The van der Waals surface area contributed by atoms with Gasteiger partial charge in [0.1, 0.15) is 18.3 Å². The highest BCUT2D eigenvalue weighted by Crippen LogP contribution is 2.39. The molecule has 0 saturated carbocycles. The fourth-order valence-electron chi connectivity index (χ4n) is 4.12. The van der Waals surface area contributed by atoms with Crippen LogP contribution in [0.15, 0.2) is 41.3 Å². The zero-order chi connectivity index (χ0) is 23.2. The van der Waals surface area contributed by atoms with E-state index >= 15 is 0 Å². The molecule has 1 aliphatic rings. The predicted molar refractivity (Wildman–Crippen MR) is 110 cm³/mol. The Morgan fingerprint density at radius 1 is 1.19 bits per heavy atom. The number of H-pyrrole nitrogens is 2. The molecule has 0 aliphatic carbocycles. The Balaban J connectivity index is 1.76. The SMILES string of the molecule is CC1OC(CO)C(O)C(O)C1Nc1ccc2c(C(F)(F)F)c(-c3ccc[nH]3)c(=O)[nH]c2c1. The van der Waals surface area contributed by atoms with E-state index in [-0.39, 0.29) is 16.6 Å². The first-order valence-electron chi connectivity index (χ1n) is 9.91. The number of halogens is 3. The van der Waals surface area contributed by atoms with Crippen LogP contribution in [0.4, 0.5) is 18.9 Å². The van der Waals surface area contributed by atoms with Crippen molar-refractivity contribution in [3.63, 3.8) is 0 Å². The number of nitrogens with one attached hydrogen (secondary N) is 3. The van der Waals surface area contributed by atoms with Gasteiger partial charge < -0.3 is 35.3 Å². The Hall–Kier alpha value is -2.86. The molecule has 3 heterocycles. The number of aliphatic hydroxyl groups excluding tert-OH is 3. The molecule has 0 radical (unpaired) electrons. The Morgan fingerprint density at radius 2 is 1.94 bits per heavy atom. The summed E-state index contributed by atoms with van der Waals surface area (Å²) in [7, 11) is 0. The molecule has 32 heavy (non-hydrogen) atoms. The molecule has 4 rings (SSSR count). The van der Waals surface area contributed by atoms with Gasteiger partial charge in [0.25, 0.3) is 5.56 Å². The lowest BCUT2D eigenvalue weighted by molar-refractivity contribution is -0.180. The van der Waals surface area contributed by atoms with E-state index in [1.165, 1.54) is 36.5 Å². The van der Waals surface area contributed by atoms with Crippen molar-refractivity contribution < 1.29 is 33.2 Å². The molecular formula is C21H22F3N3O5. The largest absolute Gasteiger partial charge is 0.417 e. The van der Waals surface area contributed by atoms with Gasteiger partial charge in [-0.05, 0) is 31.2 Å². The molecule has 6 N–H and O–H groups in total. The topological polar surface area (TPSA) is 131 Å². The number of pyridine rings is 1. The highest BCUT2D eigenvalue weighted by atomic mass is 19.4. The van der Waals surface area contributed by atoms with Crippen molar-refractivity contribution in [1.82, 2.24) is 9.97 Å². The van der Waals surface area contributed by atoms with Gasteiger partial charge in [-0.1, -0.05) is 6.07 Å². The van der Waals surface area contributed by atoms with Crippen LogP contribution in [0.5, 0.6) is 0 Å². The van der Waals surface area contributed by atoms with Crippen LogP contribution in [0.1, 0.15) is 12.5 Å². The number of anilines is 1. The van der Waals surface area contributed by atoms with E-state index in [1.807, 2.05) is 0 Å². The average molecular weight is 453 g/mol. The first-order chi connectivity index (χ1) is 15.1. The molecule has 1 saturated heterocycles. The normalized spacial score (nSPS) is 26.4. The van der Waals surface area contributed by atoms with E-state index in [2.05, 4.69) is 15.3 Å². The number of aromatic amines is 2. The zero-order valence-corrected chi connectivity index (χ0v) is 16.8. The van der Waals surface area contributed by atoms with Crippen LogP contribution in [0.2, 0.25) is 0 Å². The van der Waals surface area contributed by atoms with E-state index in [0.717, 1.165) is 0 Å². The highest BCUT2D eigenvalue weighted by Gasteiger charge is 2.42. The number of benzene rings is 1. The van der Waals surface area contributed by atoms with Crippen molar-refractivity contribution in [1.29, 1.82) is 0 Å². The Labute approximate surface area is 179 Å². The van der Waals surface area contributed by atoms with Crippen molar-refractivity contribution in [3.8, 4) is 11.3 Å². The zero-order valence-electron chi connectivity index (χ0n) is 16.8. The summed E-state index contributed by atoms with van der Waals surface area (Å²) in [6.07, 6.45) is -7.58. The third-order valence-electron chi connectivity index (χ3n) is 5.67. The lowest BCUT2D eigenvalue weighted by Gasteiger charge is -2.41. The summed E-state index contributed by atoms with van der Waals surface area (Å²) in [4.78, 5) is 17.7. The second-order valence-electron chi connectivity index (χ2n) is 7.76. The molecule has 2 aromatic heterocycles. The summed E-state index contributed by atoms with van der Waals surface area (Å²) < 4.78 is 47.4. The first kappa shape index (κ1) is 22.3. The van der Waals surface area contributed by atoms with E-state index in [1.54, 1.807) is 6.92 Å². The van der Waals surface area contributed by atoms with Gasteiger partial charge in [0, 0.05) is 17.3 Å². The van der Waals surface area contributed by atoms with E-state index in [9.17, 15) is 33.3 Å². The van der Waals surface area contributed by atoms with Crippen LogP contribution in [0.25, 0.3) is 22.2 Å². The van der Waals surface area contributed by atoms with Crippen LogP contribution < -0.4 is 10.9 Å². The third-order valence-corrected chi connectivity index (χ3v) is 5.67. The summed E-state index contributed by atoms with van der Waals surface area (Å²) in [5.41, 5.74) is -2.15. The molecule has 8 nitrogen and oxygen atoms in total. The smallest absolute Gasteiger partial charge is 0.394 e. The van der Waals surface area contributed by atoms with Crippen LogP contribution in [0, 0.1) is 0 Å². The number of fused-ring (bicyclic) bond motifs is 1. The van der Waals surface area contributed by atoms with Gasteiger partial charge in [-0.3, -0.25) is 4.79 Å². The fraction of sp³-hybridized carbons (Fsp3) is 0.381. The first-order valence-corrected chi connectivity index (χ1v) is 9.91. The number of aliphatic hydroxyl groups is 3. The predicted octanol–water partition coefficient (Wildman–Crippen LogP) is 1.82. The molecule has 5 unspecified atom stereocenters. The number of hydrogen-bond donors (Lipinski definition) is 6. The summed E-state index contributed by atoms with van der Waals surface area (Å²) in [5, 5.41) is 32.5. The Morgan fingerprint density at radius 3 is 2.56 bits per heavy atom. The molecule has 0 amide bonds. The summed E-state index contributed by atoms with van der Waals surface area (Å²) in [6, 6.07) is 6.03. The minimum atomic E-state index is -4.78. The van der Waals surface area contributed by atoms with Crippen molar-refractivity contribution in [2.24, 2.45) is 0 Å². The van der Waals surface area contributed by atoms with E-state index in [4.69, 9.17) is 4.74 Å². The van der Waals surface area contributed by atoms with E-state index < -0.39 is 59.9 Å². The minimum Gasteiger partial charge on any atom is -0.394 e. The maximum Gasteiger partial charge on any atom is 0.417 e. The third kappa shape index (κ3) is 3.88. The maximum atomic E-state index is 14.0. The summed E-state index contributed by atoms with van der Waals surface area (Å²) >= 11 is 0. The second-order valence-corrected chi connectivity index (χ2v) is 7.76. The molecule has 0 spiro atoms. The van der Waals surface area contributed by atoms with Gasteiger partial charge in [-0.2, -0.15) is 13.2 Å². The molecule has 5 atom stereocenters. The summed E-state index contributed by atoms with van der Waals surface area (Å²) in [5.74, 6) is 0. The summed E-state index contributed by atoms with van der Waals surface area (Å²) in [6.45, 7) is 1.15. The minimum absolute atomic E-state index is 0.0460. The Kier molecular flexibility index (Phi) is 5.76. The van der Waals surface area contributed by atoms with Crippen molar-refractivity contribution in [2.45, 2.75) is 43.6 Å². The fourth-order valence-corrected chi connectivity index (χ4v) is 4.12. The lowest BCUT2D eigenvalue weighted by atomic mass is 9.93. The van der Waals surface area contributed by atoms with Gasteiger partial charge >= 0.3 is 6.18 Å². The van der Waals surface area contributed by atoms with E-state index in [0.29, 0.717) is 5.69 Å². The van der Waals surface area contributed by atoms with Crippen LogP contribution >= 0.6 is 0 Å². The van der Waals surface area contributed by atoms with Crippen molar-refractivity contribution >= 4 is 16.6 Å². The van der Waals surface area contributed by atoms with Gasteiger partial charge in [0.15, 0.2) is 0 Å². The van der Waals surface area contributed by atoms with Crippen molar-refractivity contribution in [3.05, 3.63) is 52.4 Å². The Bertz CT molecular complexity index is 1160. The molecule has 1 fully saturated rings. The van der Waals surface area contributed by atoms with Crippen LogP contribution in [-0.2, 0) is 10.9 Å². The monoisotopic (exact) mass is 453 g/mol. The number of aromatic nitrogens is 2. The maximum absolute atomic E-state index is 14.0. The van der Waals surface area contributed by atoms with Crippen LogP contribution in [0.3, 0.4) is 0 Å². The number of rotatable bonds is 4. The lowest BCUT2D eigenvalue weighted by Crippen LogP contribution is -2.60. The quantitative estimate of drug-likeness (QED) is 0.357. The molecular weight excluding hydrogens is 431 g/mol. The molecule has 1 aromatic carbocycles. The number of alkyl halides is 3. The molecule has 1 aliphatic heterocycles. The van der Waals surface area contributed by atoms with Gasteiger partial charge in [0.05, 0.1) is 41.1 Å². The van der Waals surface area contributed by atoms with Crippen molar-refractivity contribution in [2.75, 3.05) is 11.9 Å². The number of ether oxygens (including phenoxy) is 1. The molecule has 3 aromatic rings. The highest BCUT2D eigenvalue weighted by molar-refractivity contribution is 5.90. The van der Waals surface area contributed by atoms with Crippen LogP contribution in [-0.4, -0.2) is 62.4 Å². The van der Waals surface area contributed by atoms with Gasteiger partial charge in [-0.15, -0.1) is 0 Å².